The predicted octanol–water partition coefficient (Wildman–Crippen LogP) is 2.13. The van der Waals surface area contributed by atoms with Crippen LogP contribution in [0.25, 0.3) is 0 Å². The Morgan fingerprint density at radius 3 is 2.94 bits per heavy atom. The Labute approximate surface area is 109 Å². The van der Waals surface area contributed by atoms with Crippen LogP contribution in [-0.2, 0) is 9.53 Å². The molecule has 0 aliphatic carbocycles. The molecule has 1 N–H and O–H groups in total. The number of aliphatic carboxylic acids is 1. The topological polar surface area (TPSA) is 49.8 Å². The van der Waals surface area contributed by atoms with Crippen molar-refractivity contribution >= 4 is 5.97 Å². The smallest absolute Gasteiger partial charge is 0.310 e. The Bertz CT molecular complexity index is 289. The van der Waals surface area contributed by atoms with Gasteiger partial charge in [-0.25, -0.2) is 0 Å². The zero-order valence-corrected chi connectivity index (χ0v) is 11.4. The Kier molecular flexibility index (Phi) is 4.62. The van der Waals surface area contributed by atoms with E-state index >= 15 is 0 Å². The Hall–Kier alpha value is -0.610. The van der Waals surface area contributed by atoms with Gasteiger partial charge in [0.1, 0.15) is 0 Å². The molecule has 2 heterocycles. The molecule has 0 radical (unpaired) electrons. The fourth-order valence-electron chi connectivity index (χ4n) is 3.18. The van der Waals surface area contributed by atoms with E-state index in [0.29, 0.717) is 6.10 Å². The number of likely N-dealkylation sites (tertiary alicyclic amines) is 1. The zero-order valence-electron chi connectivity index (χ0n) is 11.4. The fraction of sp³-hybridized carbons (Fsp3) is 0.929. The van der Waals surface area contributed by atoms with Crippen LogP contribution in [0.1, 0.15) is 45.4 Å². The summed E-state index contributed by atoms with van der Waals surface area (Å²) in [5.41, 5.74) is -0.482. The lowest BCUT2D eigenvalue weighted by atomic mass is 9.84. The summed E-state index contributed by atoms with van der Waals surface area (Å²) in [6, 6.07) is 0. The minimum Gasteiger partial charge on any atom is -0.481 e. The highest BCUT2D eigenvalue weighted by molar-refractivity contribution is 5.75. The van der Waals surface area contributed by atoms with Crippen LogP contribution in [-0.4, -0.2) is 48.3 Å². The average molecular weight is 255 g/mol. The van der Waals surface area contributed by atoms with E-state index < -0.39 is 11.4 Å². The Balaban J connectivity index is 1.70. The van der Waals surface area contributed by atoms with Gasteiger partial charge >= 0.3 is 5.97 Å². The number of rotatable bonds is 6. The maximum Gasteiger partial charge on any atom is 0.310 e. The first-order valence-electron chi connectivity index (χ1n) is 7.24. The minimum absolute atomic E-state index is 0.461. The Morgan fingerprint density at radius 2 is 2.39 bits per heavy atom. The van der Waals surface area contributed by atoms with Gasteiger partial charge < -0.3 is 14.7 Å². The van der Waals surface area contributed by atoms with Gasteiger partial charge in [0, 0.05) is 13.2 Å². The predicted molar refractivity (Wildman–Crippen MR) is 69.6 cm³/mol. The highest BCUT2D eigenvalue weighted by atomic mass is 16.5. The summed E-state index contributed by atoms with van der Waals surface area (Å²) in [4.78, 5) is 13.6. The van der Waals surface area contributed by atoms with Crippen molar-refractivity contribution in [2.24, 2.45) is 5.41 Å². The van der Waals surface area contributed by atoms with Gasteiger partial charge in [-0.05, 0) is 51.6 Å². The monoisotopic (exact) mass is 255 g/mol. The molecule has 104 valence electrons. The van der Waals surface area contributed by atoms with Gasteiger partial charge in [0.2, 0.25) is 0 Å². The third-order valence-corrected chi connectivity index (χ3v) is 4.59. The first kappa shape index (κ1) is 13.8. The van der Waals surface area contributed by atoms with Crippen LogP contribution < -0.4 is 0 Å². The molecule has 4 heteroatoms. The molecule has 0 bridgehead atoms. The minimum atomic E-state index is -0.619. The fourth-order valence-corrected chi connectivity index (χ4v) is 3.18. The third kappa shape index (κ3) is 3.04. The molecule has 0 spiro atoms. The molecule has 2 rings (SSSR count). The van der Waals surface area contributed by atoms with E-state index in [1.165, 1.54) is 12.8 Å². The summed E-state index contributed by atoms with van der Waals surface area (Å²) in [7, 11) is 0. The molecule has 2 aliphatic rings. The summed E-state index contributed by atoms with van der Waals surface area (Å²) in [6.45, 7) is 5.60. The number of carboxylic acids is 1. The van der Waals surface area contributed by atoms with Crippen LogP contribution in [0.3, 0.4) is 0 Å². The average Bonchev–Trinajstić information content (AvgIpc) is 2.98. The van der Waals surface area contributed by atoms with Crippen molar-refractivity contribution in [3.05, 3.63) is 0 Å². The SMILES string of the molecule is CCC1(C(=O)O)CCN(CCCC2CCCO2)C1. The van der Waals surface area contributed by atoms with Crippen molar-refractivity contribution in [3.8, 4) is 0 Å². The maximum atomic E-state index is 11.3. The maximum absolute atomic E-state index is 11.3. The van der Waals surface area contributed by atoms with E-state index in [-0.39, 0.29) is 0 Å². The quantitative estimate of drug-likeness (QED) is 0.790. The zero-order chi connectivity index (χ0) is 13.0. The van der Waals surface area contributed by atoms with E-state index in [1.807, 2.05) is 6.92 Å². The lowest BCUT2D eigenvalue weighted by molar-refractivity contribution is -0.148. The molecule has 4 nitrogen and oxygen atoms in total. The van der Waals surface area contributed by atoms with Crippen molar-refractivity contribution in [3.63, 3.8) is 0 Å². The molecule has 18 heavy (non-hydrogen) atoms. The van der Waals surface area contributed by atoms with Crippen LogP contribution in [0.2, 0.25) is 0 Å². The lowest BCUT2D eigenvalue weighted by Crippen LogP contribution is -2.34. The second-order valence-electron chi connectivity index (χ2n) is 5.74. The van der Waals surface area contributed by atoms with E-state index in [0.717, 1.165) is 51.9 Å². The molecule has 2 unspecified atom stereocenters. The summed E-state index contributed by atoms with van der Waals surface area (Å²) >= 11 is 0. The van der Waals surface area contributed by atoms with Crippen molar-refractivity contribution in [2.45, 2.75) is 51.6 Å². The molecular formula is C14H25NO3. The standard InChI is InChI=1S/C14H25NO3/c1-2-14(13(16)17)7-9-15(11-14)8-3-5-12-6-4-10-18-12/h12H,2-11H2,1H3,(H,16,17). The van der Waals surface area contributed by atoms with Crippen molar-refractivity contribution in [1.29, 1.82) is 0 Å². The van der Waals surface area contributed by atoms with Crippen LogP contribution in [0.15, 0.2) is 0 Å². The summed E-state index contributed by atoms with van der Waals surface area (Å²) in [5, 5.41) is 9.33. The van der Waals surface area contributed by atoms with Crippen LogP contribution in [0.4, 0.5) is 0 Å². The van der Waals surface area contributed by atoms with Gasteiger partial charge in [-0.15, -0.1) is 0 Å². The number of nitrogens with zero attached hydrogens (tertiary/aromatic N) is 1. The molecule has 0 aromatic carbocycles. The van der Waals surface area contributed by atoms with Crippen molar-refractivity contribution < 1.29 is 14.6 Å². The molecule has 2 atom stereocenters. The second-order valence-corrected chi connectivity index (χ2v) is 5.74. The molecule has 0 amide bonds. The normalized spacial score (nSPS) is 33.1. The number of hydrogen-bond acceptors (Lipinski definition) is 3. The van der Waals surface area contributed by atoms with Gasteiger partial charge in [0.05, 0.1) is 11.5 Å². The van der Waals surface area contributed by atoms with E-state index in [2.05, 4.69) is 4.90 Å². The van der Waals surface area contributed by atoms with Crippen LogP contribution >= 0.6 is 0 Å². The summed E-state index contributed by atoms with van der Waals surface area (Å²) in [6.07, 6.45) is 6.67. The van der Waals surface area contributed by atoms with E-state index in [9.17, 15) is 9.90 Å². The first-order chi connectivity index (χ1) is 8.66. The van der Waals surface area contributed by atoms with Crippen LogP contribution in [0, 0.1) is 5.41 Å². The lowest BCUT2D eigenvalue weighted by Gasteiger charge is -2.23. The molecule has 2 aliphatic heterocycles. The van der Waals surface area contributed by atoms with Gasteiger partial charge in [0.15, 0.2) is 0 Å². The van der Waals surface area contributed by atoms with Gasteiger partial charge in [0.25, 0.3) is 0 Å². The van der Waals surface area contributed by atoms with Crippen molar-refractivity contribution in [1.82, 2.24) is 4.90 Å². The van der Waals surface area contributed by atoms with Crippen molar-refractivity contribution in [2.75, 3.05) is 26.2 Å². The van der Waals surface area contributed by atoms with Gasteiger partial charge in [-0.2, -0.15) is 0 Å². The van der Waals surface area contributed by atoms with Gasteiger partial charge in [-0.1, -0.05) is 6.92 Å². The third-order valence-electron chi connectivity index (χ3n) is 4.59. The first-order valence-corrected chi connectivity index (χ1v) is 7.24. The molecule has 0 aromatic heterocycles. The van der Waals surface area contributed by atoms with Gasteiger partial charge in [-0.3, -0.25) is 4.79 Å². The largest absolute Gasteiger partial charge is 0.481 e. The molecular weight excluding hydrogens is 230 g/mol. The van der Waals surface area contributed by atoms with E-state index in [1.54, 1.807) is 0 Å². The Morgan fingerprint density at radius 1 is 1.56 bits per heavy atom. The number of hydrogen-bond donors (Lipinski definition) is 1. The number of carboxylic acid groups (broad SMARTS) is 1. The molecule has 2 fully saturated rings. The van der Waals surface area contributed by atoms with Crippen LogP contribution in [0.5, 0.6) is 0 Å². The molecule has 0 saturated carbocycles. The number of ether oxygens (including phenoxy) is 1. The summed E-state index contributed by atoms with van der Waals surface area (Å²) < 4.78 is 5.61. The highest BCUT2D eigenvalue weighted by Crippen LogP contribution is 2.34. The summed E-state index contributed by atoms with van der Waals surface area (Å²) in [5.74, 6) is -0.619. The molecule has 2 saturated heterocycles. The number of carbonyl (C=O) groups is 1. The second kappa shape index (κ2) is 6.02. The molecule has 0 aromatic rings. The van der Waals surface area contributed by atoms with E-state index in [4.69, 9.17) is 4.74 Å². The highest BCUT2D eigenvalue weighted by Gasteiger charge is 2.42.